The molecule has 0 unspecified atom stereocenters. The van der Waals surface area contributed by atoms with Crippen molar-refractivity contribution in [2.24, 2.45) is 5.73 Å². The van der Waals surface area contributed by atoms with E-state index in [4.69, 9.17) is 5.73 Å². The monoisotopic (exact) mass is 228 g/mol. The van der Waals surface area contributed by atoms with Crippen LogP contribution in [0.3, 0.4) is 0 Å². The van der Waals surface area contributed by atoms with E-state index in [9.17, 15) is 13.2 Å². The number of hydrogen-bond acceptors (Lipinski definition) is 2. The first-order valence-corrected chi connectivity index (χ1v) is 4.83. The second kappa shape index (κ2) is 6.19. The summed E-state index contributed by atoms with van der Waals surface area (Å²) in [7, 11) is 0. The molecular weight excluding hydrogens is 213 g/mol. The van der Waals surface area contributed by atoms with Gasteiger partial charge in [-0.25, -0.2) is 0 Å². The summed E-state index contributed by atoms with van der Waals surface area (Å²) in [6.45, 7) is 3.30. The fourth-order valence-corrected chi connectivity index (χ4v) is 1.26. The molecule has 2 nitrogen and oxygen atoms in total. The lowest BCUT2D eigenvalue weighted by Crippen LogP contribution is -2.33. The third kappa shape index (κ3) is 8.25. The van der Waals surface area contributed by atoms with E-state index in [0.29, 0.717) is 24.6 Å². The van der Waals surface area contributed by atoms with Crippen LogP contribution in [-0.4, -0.2) is 35.7 Å². The van der Waals surface area contributed by atoms with Crippen LogP contribution < -0.4 is 5.73 Å². The predicted octanol–water partition coefficient (Wildman–Crippen LogP) is 1.94. The van der Waals surface area contributed by atoms with E-state index in [2.05, 4.69) is 12.2 Å². The van der Waals surface area contributed by atoms with Crippen molar-refractivity contribution in [3.05, 3.63) is 0 Å². The van der Waals surface area contributed by atoms with Crippen molar-refractivity contribution >= 4 is 17.2 Å². The van der Waals surface area contributed by atoms with Gasteiger partial charge < -0.3 is 5.73 Å². The Morgan fingerprint density at radius 1 is 1.43 bits per heavy atom. The molecule has 0 aromatic carbocycles. The Morgan fingerprint density at radius 3 is 2.36 bits per heavy atom. The van der Waals surface area contributed by atoms with Crippen LogP contribution in [0.5, 0.6) is 0 Å². The number of alkyl halides is 3. The van der Waals surface area contributed by atoms with E-state index in [1.165, 1.54) is 0 Å². The highest BCUT2D eigenvalue weighted by atomic mass is 32.1. The summed E-state index contributed by atoms with van der Waals surface area (Å²) < 4.78 is 35.4. The highest BCUT2D eigenvalue weighted by molar-refractivity contribution is 7.80. The van der Waals surface area contributed by atoms with E-state index in [0.717, 1.165) is 0 Å². The van der Waals surface area contributed by atoms with Crippen molar-refractivity contribution < 1.29 is 13.2 Å². The molecule has 84 valence electrons. The second-order valence-electron chi connectivity index (χ2n) is 3.05. The maximum absolute atomic E-state index is 11.8. The molecule has 0 atom stereocenters. The van der Waals surface area contributed by atoms with Gasteiger partial charge in [0.15, 0.2) is 0 Å². The van der Waals surface area contributed by atoms with Crippen LogP contribution in [0.15, 0.2) is 0 Å². The molecule has 0 aromatic heterocycles. The number of nitrogens with two attached hydrogens (primary N) is 1. The minimum atomic E-state index is -4.07. The molecule has 0 radical (unpaired) electrons. The van der Waals surface area contributed by atoms with E-state index in [-0.39, 0.29) is 6.42 Å². The van der Waals surface area contributed by atoms with Crippen LogP contribution in [0, 0.1) is 0 Å². The van der Waals surface area contributed by atoms with Crippen LogP contribution in [0.1, 0.15) is 19.8 Å². The van der Waals surface area contributed by atoms with Crippen LogP contribution in [0.4, 0.5) is 13.2 Å². The third-order valence-electron chi connectivity index (χ3n) is 1.76. The third-order valence-corrected chi connectivity index (χ3v) is 1.89. The molecule has 0 aliphatic carbocycles. The van der Waals surface area contributed by atoms with Crippen molar-refractivity contribution in [2.45, 2.75) is 25.9 Å². The number of halogens is 3. The lowest BCUT2D eigenvalue weighted by molar-refractivity contribution is -0.136. The van der Waals surface area contributed by atoms with Crippen molar-refractivity contribution in [3.8, 4) is 0 Å². The highest BCUT2D eigenvalue weighted by Crippen LogP contribution is 2.21. The molecule has 14 heavy (non-hydrogen) atoms. The van der Waals surface area contributed by atoms with Gasteiger partial charge in [-0.2, -0.15) is 13.2 Å². The van der Waals surface area contributed by atoms with Crippen LogP contribution in [-0.2, 0) is 0 Å². The minimum absolute atomic E-state index is 0.0972. The molecule has 0 rings (SSSR count). The number of rotatable bonds is 6. The average Bonchev–Trinajstić information content (AvgIpc) is 1.99. The fourth-order valence-electron chi connectivity index (χ4n) is 1.07. The minimum Gasteiger partial charge on any atom is -0.392 e. The standard InChI is InChI=1S/C8H15F3N2S/c1-2-13(6-7(12)14)5-3-4-8(9,10)11/h2-6H2,1H3,(H2,12,14). The van der Waals surface area contributed by atoms with Gasteiger partial charge in [0.1, 0.15) is 0 Å². The number of thiocarbonyl (C=S) groups is 1. The summed E-state index contributed by atoms with van der Waals surface area (Å²) in [5.41, 5.74) is 5.29. The Balaban J connectivity index is 3.68. The Kier molecular flexibility index (Phi) is 6.03. The SMILES string of the molecule is CCN(CCCC(F)(F)F)CC(N)=S. The quantitative estimate of drug-likeness (QED) is 0.704. The molecule has 0 saturated heterocycles. The molecular formula is C8H15F3N2S. The summed E-state index contributed by atoms with van der Waals surface area (Å²) >= 11 is 4.68. The Morgan fingerprint density at radius 2 is 2.00 bits per heavy atom. The zero-order valence-electron chi connectivity index (χ0n) is 8.10. The maximum atomic E-state index is 11.8. The van der Waals surface area contributed by atoms with Crippen molar-refractivity contribution in [2.75, 3.05) is 19.6 Å². The van der Waals surface area contributed by atoms with Gasteiger partial charge in [0.05, 0.1) is 4.99 Å². The second-order valence-corrected chi connectivity index (χ2v) is 3.58. The zero-order chi connectivity index (χ0) is 11.2. The lowest BCUT2D eigenvalue weighted by Gasteiger charge is -2.19. The molecule has 0 aromatic rings. The Bertz CT molecular complexity index is 182. The molecule has 0 aliphatic heterocycles. The van der Waals surface area contributed by atoms with Gasteiger partial charge in [0.2, 0.25) is 0 Å². The van der Waals surface area contributed by atoms with Crippen LogP contribution >= 0.6 is 12.2 Å². The lowest BCUT2D eigenvalue weighted by atomic mass is 10.3. The molecule has 6 heteroatoms. The molecule has 0 fully saturated rings. The highest BCUT2D eigenvalue weighted by Gasteiger charge is 2.26. The molecule has 0 spiro atoms. The van der Waals surface area contributed by atoms with Gasteiger partial charge in [-0.1, -0.05) is 19.1 Å². The van der Waals surface area contributed by atoms with Crippen LogP contribution in [0.25, 0.3) is 0 Å². The van der Waals surface area contributed by atoms with Gasteiger partial charge >= 0.3 is 6.18 Å². The molecule has 0 amide bonds. The first kappa shape index (κ1) is 13.6. The summed E-state index contributed by atoms with van der Waals surface area (Å²) in [5, 5.41) is 0. The number of nitrogens with zero attached hydrogens (tertiary/aromatic N) is 1. The van der Waals surface area contributed by atoms with Gasteiger partial charge in [0, 0.05) is 13.0 Å². The maximum Gasteiger partial charge on any atom is 0.389 e. The van der Waals surface area contributed by atoms with E-state index >= 15 is 0 Å². The normalized spacial score (nSPS) is 12.1. The van der Waals surface area contributed by atoms with Gasteiger partial charge in [-0.05, 0) is 19.5 Å². The smallest absolute Gasteiger partial charge is 0.389 e. The Labute approximate surface area is 87.2 Å². The predicted molar refractivity (Wildman–Crippen MR) is 54.2 cm³/mol. The van der Waals surface area contributed by atoms with E-state index in [1.807, 2.05) is 6.92 Å². The number of hydrogen-bond donors (Lipinski definition) is 1. The van der Waals surface area contributed by atoms with Crippen molar-refractivity contribution in [1.82, 2.24) is 4.90 Å². The van der Waals surface area contributed by atoms with E-state index in [1.54, 1.807) is 4.90 Å². The summed E-state index contributed by atoms with van der Waals surface area (Å²) in [5.74, 6) is 0. The van der Waals surface area contributed by atoms with Crippen LogP contribution in [0.2, 0.25) is 0 Å². The molecule has 0 heterocycles. The van der Waals surface area contributed by atoms with Gasteiger partial charge in [0.25, 0.3) is 0 Å². The molecule has 0 saturated carbocycles. The average molecular weight is 228 g/mol. The number of likely N-dealkylation sites (N-methyl/N-ethyl adjacent to an activating group) is 1. The topological polar surface area (TPSA) is 29.3 Å². The first-order chi connectivity index (χ1) is 6.35. The summed E-state index contributed by atoms with van der Waals surface area (Å²) in [6.07, 6.45) is -4.72. The van der Waals surface area contributed by atoms with Gasteiger partial charge in [-0.3, -0.25) is 4.90 Å². The fraction of sp³-hybridized carbons (Fsp3) is 0.875. The largest absolute Gasteiger partial charge is 0.392 e. The Hall–Kier alpha value is -0.360. The zero-order valence-corrected chi connectivity index (χ0v) is 8.92. The molecule has 2 N–H and O–H groups in total. The first-order valence-electron chi connectivity index (χ1n) is 4.42. The van der Waals surface area contributed by atoms with Gasteiger partial charge in [-0.15, -0.1) is 0 Å². The molecule has 0 aliphatic rings. The summed E-state index contributed by atoms with van der Waals surface area (Å²) in [6, 6.07) is 0. The summed E-state index contributed by atoms with van der Waals surface area (Å²) in [4.78, 5) is 2.12. The van der Waals surface area contributed by atoms with E-state index < -0.39 is 12.6 Å². The molecule has 0 bridgehead atoms. The van der Waals surface area contributed by atoms with Crippen molar-refractivity contribution in [1.29, 1.82) is 0 Å². The van der Waals surface area contributed by atoms with Crippen molar-refractivity contribution in [3.63, 3.8) is 0 Å².